The fraction of sp³-hybridized carbons (Fsp3) is 0.480. The van der Waals surface area contributed by atoms with Gasteiger partial charge in [0.25, 0.3) is 0 Å². The molecule has 0 aromatic heterocycles. The average molecular weight is 409 g/mol. The summed E-state index contributed by atoms with van der Waals surface area (Å²) in [6.07, 6.45) is 1.66. The van der Waals surface area contributed by atoms with Crippen LogP contribution in [-0.4, -0.2) is 38.8 Å². The summed E-state index contributed by atoms with van der Waals surface area (Å²) in [5.41, 5.74) is 10.0. The van der Waals surface area contributed by atoms with Crippen LogP contribution in [0.4, 0.5) is 0 Å². The lowest BCUT2D eigenvalue weighted by Gasteiger charge is -2.40. The van der Waals surface area contributed by atoms with Crippen molar-refractivity contribution in [3.8, 4) is 11.5 Å². The molecule has 2 N–H and O–H groups in total. The summed E-state index contributed by atoms with van der Waals surface area (Å²) in [6.45, 7) is 5.43. The first kappa shape index (κ1) is 20.7. The molecule has 0 spiro atoms. The number of benzene rings is 2. The number of ether oxygens (including phenoxy) is 3. The highest BCUT2D eigenvalue weighted by molar-refractivity contribution is 5.79. The van der Waals surface area contributed by atoms with Crippen LogP contribution in [0.3, 0.4) is 0 Å². The van der Waals surface area contributed by atoms with Crippen LogP contribution in [0.2, 0.25) is 0 Å². The maximum absolute atomic E-state index is 6.39. The second kappa shape index (κ2) is 8.31. The van der Waals surface area contributed by atoms with Crippen molar-refractivity contribution in [1.82, 2.24) is 0 Å². The Morgan fingerprint density at radius 1 is 1.10 bits per heavy atom. The van der Waals surface area contributed by atoms with E-state index in [1.54, 1.807) is 14.2 Å². The van der Waals surface area contributed by atoms with E-state index >= 15 is 0 Å². The maximum atomic E-state index is 6.39. The highest BCUT2D eigenvalue weighted by atomic mass is 16.5. The summed E-state index contributed by atoms with van der Waals surface area (Å²) in [5, 5.41) is 0. The SMILES string of the molecule is COc1ccc2c(c1OC)CC(c1ccccc1)[C@@H](CC1=NC(C)(C)CO1)[C@@H]2CN. The van der Waals surface area contributed by atoms with Crippen molar-refractivity contribution in [2.24, 2.45) is 16.6 Å². The zero-order chi connectivity index (χ0) is 21.3. The molecule has 0 amide bonds. The predicted octanol–water partition coefficient (Wildman–Crippen LogP) is 4.30. The molecule has 30 heavy (non-hydrogen) atoms. The Kier molecular flexibility index (Phi) is 5.74. The van der Waals surface area contributed by atoms with E-state index in [0.29, 0.717) is 25.0 Å². The fourth-order valence-corrected chi connectivity index (χ4v) is 5.07. The molecular weight excluding hydrogens is 376 g/mol. The van der Waals surface area contributed by atoms with Crippen molar-refractivity contribution in [2.75, 3.05) is 27.4 Å². The first-order valence-electron chi connectivity index (χ1n) is 10.7. The number of hydrogen-bond donors (Lipinski definition) is 1. The van der Waals surface area contributed by atoms with Gasteiger partial charge in [0, 0.05) is 17.9 Å². The van der Waals surface area contributed by atoms with Gasteiger partial charge >= 0.3 is 0 Å². The first-order chi connectivity index (χ1) is 14.5. The zero-order valence-electron chi connectivity index (χ0n) is 18.4. The second-order valence-electron chi connectivity index (χ2n) is 8.91. The van der Waals surface area contributed by atoms with Crippen molar-refractivity contribution < 1.29 is 14.2 Å². The Balaban J connectivity index is 1.80. The number of fused-ring (bicyclic) bond motifs is 1. The molecular formula is C25H32N2O3. The van der Waals surface area contributed by atoms with E-state index in [-0.39, 0.29) is 11.5 Å². The standard InChI is InChI=1S/C25H32N2O3/c1-25(2)15-30-23(27-25)13-19-18(16-8-6-5-7-9-16)12-20-17(21(19)14-26)10-11-22(28-3)24(20)29-4/h5-11,18-19,21H,12-15,26H2,1-4H3/t18?,19-,21-/m1/s1. The van der Waals surface area contributed by atoms with Gasteiger partial charge in [-0.2, -0.15) is 0 Å². The quantitative estimate of drug-likeness (QED) is 0.774. The lowest BCUT2D eigenvalue weighted by Crippen LogP contribution is -2.34. The molecule has 2 aliphatic rings. The van der Waals surface area contributed by atoms with Crippen LogP contribution < -0.4 is 15.2 Å². The third kappa shape index (κ3) is 3.79. The van der Waals surface area contributed by atoms with Gasteiger partial charge in [-0.15, -0.1) is 0 Å². The van der Waals surface area contributed by atoms with Crippen LogP contribution in [0.5, 0.6) is 11.5 Å². The molecule has 0 bridgehead atoms. The lowest BCUT2D eigenvalue weighted by molar-refractivity contribution is 0.256. The van der Waals surface area contributed by atoms with Gasteiger partial charge in [-0.05, 0) is 55.8 Å². The topological polar surface area (TPSA) is 66.1 Å². The van der Waals surface area contributed by atoms with Crippen LogP contribution >= 0.6 is 0 Å². The van der Waals surface area contributed by atoms with Crippen molar-refractivity contribution in [3.05, 3.63) is 59.2 Å². The molecule has 0 saturated carbocycles. The molecule has 1 aliphatic carbocycles. The summed E-state index contributed by atoms with van der Waals surface area (Å²) < 4.78 is 17.3. The van der Waals surface area contributed by atoms with Gasteiger partial charge < -0.3 is 19.9 Å². The number of rotatable bonds is 6. The molecule has 3 atom stereocenters. The monoisotopic (exact) mass is 408 g/mol. The molecule has 1 unspecified atom stereocenters. The Hall–Kier alpha value is -2.53. The molecule has 0 saturated heterocycles. The molecule has 5 heteroatoms. The van der Waals surface area contributed by atoms with Gasteiger partial charge in [0.15, 0.2) is 17.4 Å². The summed E-state index contributed by atoms with van der Waals surface area (Å²) in [7, 11) is 3.39. The second-order valence-corrected chi connectivity index (χ2v) is 8.91. The van der Waals surface area contributed by atoms with E-state index in [0.717, 1.165) is 30.2 Å². The van der Waals surface area contributed by atoms with Crippen LogP contribution in [0.15, 0.2) is 47.5 Å². The molecule has 0 fully saturated rings. The number of nitrogens with two attached hydrogens (primary N) is 1. The van der Waals surface area contributed by atoms with E-state index in [4.69, 9.17) is 24.9 Å². The van der Waals surface area contributed by atoms with Gasteiger partial charge in [0.2, 0.25) is 0 Å². The third-order valence-electron chi connectivity index (χ3n) is 6.45. The normalized spacial score (nSPS) is 24.6. The van der Waals surface area contributed by atoms with Crippen molar-refractivity contribution in [2.45, 2.75) is 44.1 Å². The Morgan fingerprint density at radius 2 is 1.87 bits per heavy atom. The van der Waals surface area contributed by atoms with Gasteiger partial charge in [-0.1, -0.05) is 36.4 Å². The number of nitrogens with zero attached hydrogens (tertiary/aromatic N) is 1. The highest BCUT2D eigenvalue weighted by Gasteiger charge is 2.41. The largest absolute Gasteiger partial charge is 0.493 e. The predicted molar refractivity (Wildman–Crippen MR) is 120 cm³/mol. The number of hydrogen-bond acceptors (Lipinski definition) is 5. The smallest absolute Gasteiger partial charge is 0.184 e. The Morgan fingerprint density at radius 3 is 2.47 bits per heavy atom. The van der Waals surface area contributed by atoms with Crippen LogP contribution in [0.25, 0.3) is 0 Å². The maximum Gasteiger partial charge on any atom is 0.184 e. The summed E-state index contributed by atoms with van der Waals surface area (Å²) in [5.74, 6) is 3.23. The van der Waals surface area contributed by atoms with E-state index in [9.17, 15) is 0 Å². The van der Waals surface area contributed by atoms with Gasteiger partial charge in [-0.25, -0.2) is 4.99 Å². The molecule has 0 radical (unpaired) electrons. The molecule has 4 rings (SSSR count). The molecule has 2 aromatic carbocycles. The fourth-order valence-electron chi connectivity index (χ4n) is 5.07. The Bertz CT molecular complexity index is 923. The lowest BCUT2D eigenvalue weighted by atomic mass is 9.65. The van der Waals surface area contributed by atoms with E-state index in [1.165, 1.54) is 16.7 Å². The van der Waals surface area contributed by atoms with E-state index in [1.807, 2.05) is 6.07 Å². The third-order valence-corrected chi connectivity index (χ3v) is 6.45. The molecule has 1 heterocycles. The van der Waals surface area contributed by atoms with E-state index < -0.39 is 0 Å². The minimum absolute atomic E-state index is 0.154. The minimum atomic E-state index is -0.154. The van der Waals surface area contributed by atoms with Crippen molar-refractivity contribution in [1.29, 1.82) is 0 Å². The van der Waals surface area contributed by atoms with Crippen LogP contribution in [-0.2, 0) is 11.2 Å². The Labute approximate surface area is 179 Å². The van der Waals surface area contributed by atoms with Gasteiger partial charge in [-0.3, -0.25) is 0 Å². The molecule has 1 aliphatic heterocycles. The summed E-state index contributed by atoms with van der Waals surface area (Å²) >= 11 is 0. The molecule has 5 nitrogen and oxygen atoms in total. The number of methoxy groups -OCH3 is 2. The number of aliphatic imine (C=N–C) groups is 1. The average Bonchev–Trinajstić information content (AvgIpc) is 3.11. The van der Waals surface area contributed by atoms with Gasteiger partial charge in [0.05, 0.1) is 19.8 Å². The summed E-state index contributed by atoms with van der Waals surface area (Å²) in [6, 6.07) is 14.8. The first-order valence-corrected chi connectivity index (χ1v) is 10.7. The molecule has 160 valence electrons. The summed E-state index contributed by atoms with van der Waals surface area (Å²) in [4.78, 5) is 4.84. The van der Waals surface area contributed by atoms with Crippen LogP contribution in [0.1, 0.15) is 48.8 Å². The van der Waals surface area contributed by atoms with Crippen molar-refractivity contribution >= 4 is 5.90 Å². The van der Waals surface area contributed by atoms with Crippen LogP contribution in [0, 0.1) is 5.92 Å². The minimum Gasteiger partial charge on any atom is -0.493 e. The molecule has 2 aromatic rings. The highest BCUT2D eigenvalue weighted by Crippen LogP contribution is 2.50. The van der Waals surface area contributed by atoms with Crippen molar-refractivity contribution in [3.63, 3.8) is 0 Å². The van der Waals surface area contributed by atoms with E-state index in [2.05, 4.69) is 50.2 Å². The zero-order valence-corrected chi connectivity index (χ0v) is 18.4. The van der Waals surface area contributed by atoms with Gasteiger partial charge in [0.1, 0.15) is 6.61 Å².